The summed E-state index contributed by atoms with van der Waals surface area (Å²) >= 11 is 0. The summed E-state index contributed by atoms with van der Waals surface area (Å²) in [6.45, 7) is 5.17. The van der Waals surface area contributed by atoms with Crippen LogP contribution in [-0.2, 0) is 20.6 Å². The molecule has 1 unspecified atom stereocenters. The van der Waals surface area contributed by atoms with Crippen molar-refractivity contribution in [1.82, 2.24) is 0 Å². The van der Waals surface area contributed by atoms with Crippen LogP contribution in [0.15, 0.2) is 118 Å². The van der Waals surface area contributed by atoms with Gasteiger partial charge in [-0.3, -0.25) is 13.8 Å². The Morgan fingerprint density at radius 3 is 1.62 bits per heavy atom. The van der Waals surface area contributed by atoms with Crippen LogP contribution in [0.5, 0.6) is 0 Å². The molecule has 0 radical (unpaired) electrons. The molecule has 0 amide bonds. The van der Waals surface area contributed by atoms with Gasteiger partial charge in [0.15, 0.2) is 11.6 Å². The third-order valence-electron chi connectivity index (χ3n) is 6.13. The molecule has 1 atom stereocenters. The lowest BCUT2D eigenvalue weighted by molar-refractivity contribution is 0.0955. The maximum absolute atomic E-state index is 13.2. The molecule has 0 spiro atoms. The summed E-state index contributed by atoms with van der Waals surface area (Å²) in [7, 11) is -5.47. The van der Waals surface area contributed by atoms with Gasteiger partial charge in [-0.1, -0.05) is 60.2 Å². The lowest BCUT2D eigenvalue weighted by atomic mass is 10.0. The standard InChI is InChI=1S/C30H26O5S2/c1-21-9-15-25(16-10-21)36(33)30(2,3)29(32)24-13-19-27(20-14-24)37(34,35)26-17-11-23(12-18-26)28(31)22-7-5-4-6-8-22/h4-20H,1-3H3. The number of sulfone groups is 1. The molecule has 0 N–H and O–H groups in total. The third kappa shape index (κ3) is 5.38. The number of hydrogen-bond acceptors (Lipinski definition) is 5. The van der Waals surface area contributed by atoms with Gasteiger partial charge in [0, 0.05) is 21.6 Å². The van der Waals surface area contributed by atoms with E-state index in [2.05, 4.69) is 0 Å². The molecule has 0 heterocycles. The first kappa shape index (κ1) is 26.4. The van der Waals surface area contributed by atoms with E-state index in [1.54, 1.807) is 50.2 Å². The van der Waals surface area contributed by atoms with E-state index in [1.165, 1.54) is 48.5 Å². The molecule has 5 nitrogen and oxygen atoms in total. The first-order valence-electron chi connectivity index (χ1n) is 11.6. The van der Waals surface area contributed by atoms with Crippen molar-refractivity contribution in [2.24, 2.45) is 0 Å². The van der Waals surface area contributed by atoms with E-state index in [1.807, 2.05) is 25.1 Å². The van der Waals surface area contributed by atoms with Crippen LogP contribution < -0.4 is 0 Å². The highest BCUT2D eigenvalue weighted by Crippen LogP contribution is 2.28. The minimum Gasteiger partial charge on any atom is -0.293 e. The van der Waals surface area contributed by atoms with Gasteiger partial charge in [0.05, 0.1) is 20.6 Å². The van der Waals surface area contributed by atoms with E-state index in [9.17, 15) is 22.2 Å². The third-order valence-corrected chi connectivity index (χ3v) is 9.73. The summed E-state index contributed by atoms with van der Waals surface area (Å²) in [5.74, 6) is -0.544. The largest absolute Gasteiger partial charge is 0.293 e. The van der Waals surface area contributed by atoms with Gasteiger partial charge in [0.2, 0.25) is 9.84 Å². The van der Waals surface area contributed by atoms with Gasteiger partial charge in [-0.25, -0.2) is 8.42 Å². The van der Waals surface area contributed by atoms with Crippen LogP contribution in [0.1, 0.15) is 45.7 Å². The second kappa shape index (κ2) is 10.4. The molecule has 0 aliphatic carbocycles. The zero-order chi connectivity index (χ0) is 26.8. The zero-order valence-electron chi connectivity index (χ0n) is 20.7. The molecule has 0 aliphatic rings. The Morgan fingerprint density at radius 2 is 1.11 bits per heavy atom. The molecular formula is C30H26O5S2. The number of aryl methyl sites for hydroxylation is 1. The van der Waals surface area contributed by atoms with Crippen molar-refractivity contribution < 1.29 is 22.2 Å². The van der Waals surface area contributed by atoms with Crippen molar-refractivity contribution in [3.63, 3.8) is 0 Å². The van der Waals surface area contributed by atoms with E-state index in [-0.39, 0.29) is 26.9 Å². The van der Waals surface area contributed by atoms with Gasteiger partial charge < -0.3 is 0 Å². The molecule has 0 aromatic heterocycles. The summed E-state index contributed by atoms with van der Waals surface area (Å²) in [6, 6.07) is 27.3. The quantitative estimate of drug-likeness (QED) is 0.268. The molecule has 188 valence electrons. The van der Waals surface area contributed by atoms with Gasteiger partial charge in [-0.15, -0.1) is 0 Å². The summed E-state index contributed by atoms with van der Waals surface area (Å²) in [5, 5.41) is 0. The lowest BCUT2D eigenvalue weighted by Gasteiger charge is -2.22. The fourth-order valence-corrected chi connectivity index (χ4v) is 6.37. The number of carbonyl (C=O) groups excluding carboxylic acids is 2. The summed E-state index contributed by atoms with van der Waals surface area (Å²) in [6.07, 6.45) is 0. The first-order valence-corrected chi connectivity index (χ1v) is 14.2. The molecule has 4 aromatic carbocycles. The number of ketones is 2. The first-order chi connectivity index (χ1) is 17.5. The zero-order valence-corrected chi connectivity index (χ0v) is 22.3. The molecule has 4 aromatic rings. The Labute approximate surface area is 219 Å². The van der Waals surface area contributed by atoms with Crippen molar-refractivity contribution in [1.29, 1.82) is 0 Å². The minimum absolute atomic E-state index is 0.0173. The number of benzene rings is 4. The molecule has 0 bridgehead atoms. The Balaban J connectivity index is 1.54. The van der Waals surface area contributed by atoms with Gasteiger partial charge >= 0.3 is 0 Å². The maximum Gasteiger partial charge on any atom is 0.206 e. The number of carbonyl (C=O) groups is 2. The minimum atomic E-state index is -3.87. The van der Waals surface area contributed by atoms with Crippen molar-refractivity contribution in [2.45, 2.75) is 40.2 Å². The SMILES string of the molecule is Cc1ccc(S(=O)C(C)(C)C(=O)c2ccc(S(=O)(=O)c3ccc(C(=O)c4ccccc4)cc3)cc2)cc1. The second-order valence-corrected chi connectivity index (χ2v) is 13.1. The van der Waals surface area contributed by atoms with E-state index >= 15 is 0 Å². The Morgan fingerprint density at radius 1 is 0.649 bits per heavy atom. The summed E-state index contributed by atoms with van der Waals surface area (Å²) in [5.41, 5.74) is 2.20. The maximum atomic E-state index is 13.2. The van der Waals surface area contributed by atoms with Crippen LogP contribution in [0, 0.1) is 6.92 Å². The highest BCUT2D eigenvalue weighted by Gasteiger charge is 2.36. The molecular weight excluding hydrogens is 504 g/mol. The van der Waals surface area contributed by atoms with Crippen LogP contribution in [0.2, 0.25) is 0 Å². The Bertz CT molecular complexity index is 1570. The molecule has 0 aliphatic heterocycles. The van der Waals surface area contributed by atoms with Gasteiger partial charge in [-0.2, -0.15) is 0 Å². The van der Waals surface area contributed by atoms with Gasteiger partial charge in [-0.05, 0) is 69.3 Å². The van der Waals surface area contributed by atoms with E-state index in [4.69, 9.17) is 0 Å². The molecule has 0 saturated carbocycles. The van der Waals surface area contributed by atoms with Crippen LogP contribution in [0.3, 0.4) is 0 Å². The van der Waals surface area contributed by atoms with Crippen molar-refractivity contribution in [2.75, 3.05) is 0 Å². The topological polar surface area (TPSA) is 85.3 Å². The average Bonchev–Trinajstić information content (AvgIpc) is 2.93. The van der Waals surface area contributed by atoms with E-state index < -0.39 is 25.4 Å². The molecule has 37 heavy (non-hydrogen) atoms. The van der Waals surface area contributed by atoms with Gasteiger partial charge in [0.25, 0.3) is 0 Å². The number of Topliss-reactive ketones (excluding diaryl/α,β-unsaturated/α-hetero) is 1. The predicted molar refractivity (Wildman–Crippen MR) is 144 cm³/mol. The highest BCUT2D eigenvalue weighted by molar-refractivity contribution is 7.91. The Kier molecular flexibility index (Phi) is 7.39. The van der Waals surface area contributed by atoms with Crippen LogP contribution in [0.25, 0.3) is 0 Å². The Hall–Kier alpha value is -3.68. The van der Waals surface area contributed by atoms with E-state index in [0.29, 0.717) is 16.0 Å². The lowest BCUT2D eigenvalue weighted by Crippen LogP contribution is -2.36. The number of hydrogen-bond donors (Lipinski definition) is 0. The monoisotopic (exact) mass is 530 g/mol. The summed E-state index contributed by atoms with van der Waals surface area (Å²) in [4.78, 5) is 26.4. The molecule has 0 saturated heterocycles. The smallest absolute Gasteiger partial charge is 0.206 e. The fraction of sp³-hybridized carbons (Fsp3) is 0.133. The second-order valence-electron chi connectivity index (χ2n) is 9.17. The van der Waals surface area contributed by atoms with Crippen LogP contribution >= 0.6 is 0 Å². The molecule has 7 heteroatoms. The summed E-state index contributed by atoms with van der Waals surface area (Å²) < 4.78 is 38.3. The fourth-order valence-electron chi connectivity index (χ4n) is 3.85. The molecule has 4 rings (SSSR count). The predicted octanol–water partition coefficient (Wildman–Crippen LogP) is 5.83. The normalized spacial score (nSPS) is 12.6. The van der Waals surface area contributed by atoms with E-state index in [0.717, 1.165) is 5.56 Å². The van der Waals surface area contributed by atoms with Crippen molar-refractivity contribution in [3.05, 3.63) is 125 Å². The van der Waals surface area contributed by atoms with Crippen LogP contribution in [0.4, 0.5) is 0 Å². The van der Waals surface area contributed by atoms with Crippen LogP contribution in [-0.4, -0.2) is 28.9 Å². The van der Waals surface area contributed by atoms with Crippen molar-refractivity contribution in [3.8, 4) is 0 Å². The number of rotatable bonds is 8. The highest BCUT2D eigenvalue weighted by atomic mass is 32.2. The molecule has 0 fully saturated rings. The average molecular weight is 531 g/mol. The van der Waals surface area contributed by atoms with Crippen molar-refractivity contribution >= 4 is 32.2 Å². The van der Waals surface area contributed by atoms with Gasteiger partial charge in [0.1, 0.15) is 4.75 Å².